The molecule has 2 heterocycles. The Bertz CT molecular complexity index is 413. The highest BCUT2D eigenvalue weighted by Crippen LogP contribution is 2.44. The van der Waals surface area contributed by atoms with E-state index in [1.54, 1.807) is 0 Å². The van der Waals surface area contributed by atoms with Gasteiger partial charge in [-0.05, 0) is 23.6 Å². The maximum Gasteiger partial charge on any atom is 0.0589 e. The minimum Gasteiger partial charge on any atom is -0.379 e. The second-order valence-corrected chi connectivity index (χ2v) is 5.47. The first-order valence-corrected chi connectivity index (χ1v) is 6.22. The minimum atomic E-state index is 0.118. The van der Waals surface area contributed by atoms with Crippen LogP contribution in [-0.4, -0.2) is 26.3 Å². The summed E-state index contributed by atoms with van der Waals surface area (Å²) >= 11 is 12.2. The van der Waals surface area contributed by atoms with Crippen LogP contribution in [0.5, 0.6) is 0 Å². The van der Waals surface area contributed by atoms with Crippen LogP contribution in [0.25, 0.3) is 0 Å². The van der Waals surface area contributed by atoms with Crippen molar-refractivity contribution in [3.05, 3.63) is 33.8 Å². The first kappa shape index (κ1) is 10.8. The van der Waals surface area contributed by atoms with Gasteiger partial charge in [0.15, 0.2) is 0 Å². The van der Waals surface area contributed by atoms with E-state index >= 15 is 0 Å². The Morgan fingerprint density at radius 3 is 2.44 bits per heavy atom. The highest BCUT2D eigenvalue weighted by molar-refractivity contribution is 6.35. The summed E-state index contributed by atoms with van der Waals surface area (Å²) in [5.74, 6) is 0.639. The molecule has 86 valence electrons. The van der Waals surface area contributed by atoms with Gasteiger partial charge in [-0.1, -0.05) is 29.3 Å². The van der Waals surface area contributed by atoms with Crippen molar-refractivity contribution in [2.75, 3.05) is 26.3 Å². The van der Waals surface area contributed by atoms with E-state index in [9.17, 15) is 0 Å². The van der Waals surface area contributed by atoms with Gasteiger partial charge in [-0.25, -0.2) is 0 Å². The number of halogens is 2. The third kappa shape index (κ3) is 1.48. The van der Waals surface area contributed by atoms with Crippen molar-refractivity contribution in [1.29, 1.82) is 0 Å². The SMILES string of the molecule is Clc1ccc(C2(C3CNC3)COC2)c(Cl)c1. The first-order chi connectivity index (χ1) is 7.72. The van der Waals surface area contributed by atoms with Crippen molar-refractivity contribution in [1.82, 2.24) is 5.32 Å². The van der Waals surface area contributed by atoms with Gasteiger partial charge in [0.05, 0.1) is 13.2 Å². The highest BCUT2D eigenvalue weighted by Gasteiger charge is 2.50. The Morgan fingerprint density at radius 2 is 2.00 bits per heavy atom. The zero-order chi connectivity index (χ0) is 11.2. The molecule has 16 heavy (non-hydrogen) atoms. The van der Waals surface area contributed by atoms with E-state index in [1.165, 1.54) is 5.56 Å². The summed E-state index contributed by atoms with van der Waals surface area (Å²) in [5, 5.41) is 4.77. The number of ether oxygens (including phenoxy) is 1. The average molecular weight is 258 g/mol. The van der Waals surface area contributed by atoms with E-state index < -0.39 is 0 Å². The number of benzene rings is 1. The summed E-state index contributed by atoms with van der Waals surface area (Å²) in [7, 11) is 0. The van der Waals surface area contributed by atoms with Crippen LogP contribution in [0.3, 0.4) is 0 Å². The van der Waals surface area contributed by atoms with Gasteiger partial charge < -0.3 is 10.1 Å². The van der Waals surface area contributed by atoms with Crippen LogP contribution in [0.15, 0.2) is 18.2 Å². The van der Waals surface area contributed by atoms with Crippen LogP contribution < -0.4 is 5.32 Å². The van der Waals surface area contributed by atoms with E-state index in [-0.39, 0.29) is 5.41 Å². The molecule has 0 saturated carbocycles. The van der Waals surface area contributed by atoms with E-state index in [2.05, 4.69) is 5.32 Å². The van der Waals surface area contributed by atoms with Gasteiger partial charge in [0.25, 0.3) is 0 Å². The van der Waals surface area contributed by atoms with E-state index in [1.807, 2.05) is 18.2 Å². The fourth-order valence-electron chi connectivity index (χ4n) is 2.51. The Kier molecular flexibility index (Phi) is 2.63. The number of hydrogen-bond acceptors (Lipinski definition) is 2. The molecular formula is C12H13Cl2NO. The van der Waals surface area contributed by atoms with Gasteiger partial charge in [-0.2, -0.15) is 0 Å². The lowest BCUT2D eigenvalue weighted by Gasteiger charge is -2.51. The number of nitrogens with one attached hydrogen (secondary N) is 1. The predicted molar refractivity (Wildman–Crippen MR) is 65.3 cm³/mol. The van der Waals surface area contributed by atoms with Crippen molar-refractivity contribution in [3.63, 3.8) is 0 Å². The third-order valence-electron chi connectivity index (χ3n) is 3.75. The number of rotatable bonds is 2. The lowest BCUT2D eigenvalue weighted by Crippen LogP contribution is -2.62. The molecule has 1 aromatic rings. The minimum absolute atomic E-state index is 0.118. The summed E-state index contributed by atoms with van der Waals surface area (Å²) in [5.41, 5.74) is 1.31. The molecule has 0 bridgehead atoms. The van der Waals surface area contributed by atoms with E-state index in [0.717, 1.165) is 31.3 Å². The van der Waals surface area contributed by atoms with Crippen LogP contribution in [0.2, 0.25) is 10.0 Å². The Morgan fingerprint density at radius 1 is 1.25 bits per heavy atom. The van der Waals surface area contributed by atoms with Gasteiger partial charge in [-0.3, -0.25) is 0 Å². The Hall–Kier alpha value is -0.280. The summed E-state index contributed by atoms with van der Waals surface area (Å²) in [6, 6.07) is 5.78. The normalized spacial score (nSPS) is 23.6. The highest BCUT2D eigenvalue weighted by atomic mass is 35.5. The first-order valence-electron chi connectivity index (χ1n) is 5.46. The molecule has 0 spiro atoms. The summed E-state index contributed by atoms with van der Waals surface area (Å²) in [6.07, 6.45) is 0. The van der Waals surface area contributed by atoms with Crippen LogP contribution in [-0.2, 0) is 10.2 Å². The fourth-order valence-corrected chi connectivity index (χ4v) is 3.10. The van der Waals surface area contributed by atoms with Crippen LogP contribution in [0, 0.1) is 5.92 Å². The molecule has 2 aliphatic heterocycles. The monoisotopic (exact) mass is 257 g/mol. The molecule has 0 amide bonds. The zero-order valence-electron chi connectivity index (χ0n) is 8.80. The second-order valence-electron chi connectivity index (χ2n) is 4.63. The van der Waals surface area contributed by atoms with Crippen molar-refractivity contribution in [2.45, 2.75) is 5.41 Å². The van der Waals surface area contributed by atoms with Crippen molar-refractivity contribution in [3.8, 4) is 0 Å². The summed E-state index contributed by atoms with van der Waals surface area (Å²) in [4.78, 5) is 0. The molecule has 4 heteroatoms. The van der Waals surface area contributed by atoms with E-state index in [4.69, 9.17) is 27.9 Å². The molecule has 0 aromatic heterocycles. The molecule has 0 unspecified atom stereocenters. The molecule has 2 fully saturated rings. The average Bonchev–Trinajstić information content (AvgIpc) is 2.09. The van der Waals surface area contributed by atoms with Crippen LogP contribution >= 0.6 is 23.2 Å². The topological polar surface area (TPSA) is 21.3 Å². The third-order valence-corrected chi connectivity index (χ3v) is 4.30. The van der Waals surface area contributed by atoms with Gasteiger partial charge in [0, 0.05) is 28.5 Å². The standard InChI is InChI=1S/C12H13Cl2NO/c13-9-1-2-10(11(14)3-9)12(6-16-7-12)8-4-15-5-8/h1-3,8,15H,4-7H2. The molecule has 3 rings (SSSR count). The second kappa shape index (κ2) is 3.88. The molecule has 0 atom stereocenters. The van der Waals surface area contributed by atoms with Gasteiger partial charge in [-0.15, -0.1) is 0 Å². The molecule has 2 aliphatic rings. The molecule has 1 N–H and O–H groups in total. The maximum atomic E-state index is 6.29. The Labute approximate surface area is 105 Å². The van der Waals surface area contributed by atoms with Crippen molar-refractivity contribution in [2.24, 2.45) is 5.92 Å². The molecule has 2 nitrogen and oxygen atoms in total. The van der Waals surface area contributed by atoms with Gasteiger partial charge in [0.2, 0.25) is 0 Å². The predicted octanol–water partition coefficient (Wildman–Crippen LogP) is 2.48. The molecule has 0 radical (unpaired) electrons. The molecule has 1 aromatic carbocycles. The van der Waals surface area contributed by atoms with Gasteiger partial charge >= 0.3 is 0 Å². The Balaban J connectivity index is 1.99. The lowest BCUT2D eigenvalue weighted by molar-refractivity contribution is -0.101. The molecule has 2 saturated heterocycles. The van der Waals surface area contributed by atoms with Crippen LogP contribution in [0.1, 0.15) is 5.56 Å². The molecule has 0 aliphatic carbocycles. The quantitative estimate of drug-likeness (QED) is 0.879. The van der Waals surface area contributed by atoms with Gasteiger partial charge in [0.1, 0.15) is 0 Å². The maximum absolute atomic E-state index is 6.29. The smallest absolute Gasteiger partial charge is 0.0589 e. The van der Waals surface area contributed by atoms with Crippen molar-refractivity contribution >= 4 is 23.2 Å². The summed E-state index contributed by atoms with van der Waals surface area (Å²) in [6.45, 7) is 3.67. The van der Waals surface area contributed by atoms with Crippen LogP contribution in [0.4, 0.5) is 0 Å². The lowest BCUT2D eigenvalue weighted by atomic mass is 9.66. The summed E-state index contributed by atoms with van der Waals surface area (Å²) < 4.78 is 5.42. The van der Waals surface area contributed by atoms with Crippen molar-refractivity contribution < 1.29 is 4.74 Å². The zero-order valence-corrected chi connectivity index (χ0v) is 10.3. The largest absolute Gasteiger partial charge is 0.379 e. The number of hydrogen-bond donors (Lipinski definition) is 1. The fraction of sp³-hybridized carbons (Fsp3) is 0.500. The molecular weight excluding hydrogens is 245 g/mol. The van der Waals surface area contributed by atoms with E-state index in [0.29, 0.717) is 10.9 Å².